The van der Waals surface area contributed by atoms with Crippen LogP contribution in [-0.4, -0.2) is 44.7 Å². The van der Waals surface area contributed by atoms with Gasteiger partial charge < -0.3 is 10.6 Å². The van der Waals surface area contributed by atoms with Crippen LogP contribution >= 0.6 is 22.9 Å². The van der Waals surface area contributed by atoms with Crippen LogP contribution < -0.4 is 10.6 Å². The Hall–Kier alpha value is -0.130. The number of rotatable bonds is 4. The van der Waals surface area contributed by atoms with Crippen LogP contribution in [0.25, 0.3) is 0 Å². The maximum Gasteiger partial charge on any atom is 0.0931 e. The molecule has 0 saturated carbocycles. The standard InChI is InChI=1S/C11H18ClN3S/c1-13-9(10-2-3-11(12)16-10)8-15-6-4-14-5-7-15/h2-3,9,13-14H,4-8H2,1H3. The molecule has 2 rings (SSSR count). The quantitative estimate of drug-likeness (QED) is 0.860. The van der Waals surface area contributed by atoms with Gasteiger partial charge in [0.05, 0.1) is 10.4 Å². The minimum absolute atomic E-state index is 0.399. The van der Waals surface area contributed by atoms with Crippen LogP contribution in [0.2, 0.25) is 4.34 Å². The third-order valence-corrected chi connectivity index (χ3v) is 4.28. The number of hydrogen-bond acceptors (Lipinski definition) is 4. The van der Waals surface area contributed by atoms with Crippen molar-refractivity contribution in [3.05, 3.63) is 21.3 Å². The Morgan fingerprint density at radius 1 is 1.50 bits per heavy atom. The summed E-state index contributed by atoms with van der Waals surface area (Å²) in [7, 11) is 2.01. The molecule has 0 aliphatic carbocycles. The maximum absolute atomic E-state index is 5.97. The molecule has 1 atom stereocenters. The molecule has 16 heavy (non-hydrogen) atoms. The van der Waals surface area contributed by atoms with Gasteiger partial charge in [-0.25, -0.2) is 0 Å². The third-order valence-electron chi connectivity index (χ3n) is 2.94. The van der Waals surface area contributed by atoms with Gasteiger partial charge >= 0.3 is 0 Å². The van der Waals surface area contributed by atoms with Gasteiger partial charge in [-0.05, 0) is 19.2 Å². The zero-order valence-corrected chi connectivity index (χ0v) is 11.1. The van der Waals surface area contributed by atoms with Gasteiger partial charge in [-0.2, -0.15) is 0 Å². The lowest BCUT2D eigenvalue weighted by atomic mass is 10.2. The fourth-order valence-electron chi connectivity index (χ4n) is 1.99. The second kappa shape index (κ2) is 5.98. The first-order valence-electron chi connectivity index (χ1n) is 5.65. The van der Waals surface area contributed by atoms with E-state index in [4.69, 9.17) is 11.6 Å². The second-order valence-corrected chi connectivity index (χ2v) is 5.78. The first-order valence-corrected chi connectivity index (χ1v) is 6.84. The van der Waals surface area contributed by atoms with Crippen molar-refractivity contribution in [2.24, 2.45) is 0 Å². The van der Waals surface area contributed by atoms with Crippen molar-refractivity contribution in [2.75, 3.05) is 39.8 Å². The number of nitrogens with zero attached hydrogens (tertiary/aromatic N) is 1. The van der Waals surface area contributed by atoms with E-state index in [1.165, 1.54) is 4.88 Å². The van der Waals surface area contributed by atoms with E-state index in [-0.39, 0.29) is 0 Å². The van der Waals surface area contributed by atoms with E-state index in [9.17, 15) is 0 Å². The lowest BCUT2D eigenvalue weighted by Crippen LogP contribution is -2.46. The molecule has 90 valence electrons. The Morgan fingerprint density at radius 2 is 2.25 bits per heavy atom. The van der Waals surface area contributed by atoms with Crippen LogP contribution in [0.1, 0.15) is 10.9 Å². The molecule has 1 aliphatic rings. The molecule has 1 aromatic heterocycles. The van der Waals surface area contributed by atoms with Gasteiger partial charge in [-0.3, -0.25) is 4.90 Å². The SMILES string of the molecule is CNC(CN1CCNCC1)c1ccc(Cl)s1. The van der Waals surface area contributed by atoms with Crippen molar-refractivity contribution in [3.8, 4) is 0 Å². The normalized spacial score (nSPS) is 19.9. The number of likely N-dealkylation sites (N-methyl/N-ethyl adjacent to an activating group) is 1. The van der Waals surface area contributed by atoms with Crippen molar-refractivity contribution < 1.29 is 0 Å². The highest BCUT2D eigenvalue weighted by atomic mass is 35.5. The summed E-state index contributed by atoms with van der Waals surface area (Å²) in [5.41, 5.74) is 0. The number of hydrogen-bond donors (Lipinski definition) is 2. The lowest BCUT2D eigenvalue weighted by molar-refractivity contribution is 0.220. The molecule has 2 N–H and O–H groups in total. The molecule has 0 amide bonds. The molecule has 1 fully saturated rings. The van der Waals surface area contributed by atoms with Gasteiger partial charge in [-0.15, -0.1) is 11.3 Å². The van der Waals surface area contributed by atoms with Gasteiger partial charge in [0.15, 0.2) is 0 Å². The molecule has 3 nitrogen and oxygen atoms in total. The van der Waals surface area contributed by atoms with E-state index in [0.29, 0.717) is 6.04 Å². The predicted molar refractivity (Wildman–Crippen MR) is 70.4 cm³/mol. The summed E-state index contributed by atoms with van der Waals surface area (Å²) in [5.74, 6) is 0. The molecular weight excluding hydrogens is 242 g/mol. The molecule has 0 bridgehead atoms. The van der Waals surface area contributed by atoms with Crippen molar-refractivity contribution >= 4 is 22.9 Å². The maximum atomic E-state index is 5.97. The van der Waals surface area contributed by atoms with Gasteiger partial charge in [0.25, 0.3) is 0 Å². The average Bonchev–Trinajstić information content (AvgIpc) is 2.74. The molecule has 1 aromatic rings. The first-order chi connectivity index (χ1) is 7.79. The second-order valence-electron chi connectivity index (χ2n) is 4.03. The Labute approximate surface area is 106 Å². The fourth-order valence-corrected chi connectivity index (χ4v) is 3.15. The van der Waals surface area contributed by atoms with Gasteiger partial charge in [0.1, 0.15) is 0 Å². The zero-order valence-electron chi connectivity index (χ0n) is 9.50. The summed E-state index contributed by atoms with van der Waals surface area (Å²) < 4.78 is 0.871. The van der Waals surface area contributed by atoms with Gasteiger partial charge in [0.2, 0.25) is 0 Å². The summed E-state index contributed by atoms with van der Waals surface area (Å²) in [4.78, 5) is 3.82. The fraction of sp³-hybridized carbons (Fsp3) is 0.636. The number of halogens is 1. The lowest BCUT2D eigenvalue weighted by Gasteiger charge is -2.30. The summed E-state index contributed by atoms with van der Waals surface area (Å²) >= 11 is 7.64. The predicted octanol–water partition coefficient (Wildman–Crippen LogP) is 1.57. The van der Waals surface area contributed by atoms with Crippen molar-refractivity contribution in [3.63, 3.8) is 0 Å². The van der Waals surface area contributed by atoms with Crippen molar-refractivity contribution in [1.29, 1.82) is 0 Å². The van der Waals surface area contributed by atoms with Crippen LogP contribution in [-0.2, 0) is 0 Å². The van der Waals surface area contributed by atoms with Crippen molar-refractivity contribution in [1.82, 2.24) is 15.5 Å². The Balaban J connectivity index is 1.94. The number of nitrogens with one attached hydrogen (secondary N) is 2. The monoisotopic (exact) mass is 259 g/mol. The molecule has 1 saturated heterocycles. The molecule has 0 aromatic carbocycles. The average molecular weight is 260 g/mol. The highest BCUT2D eigenvalue weighted by molar-refractivity contribution is 7.16. The van der Waals surface area contributed by atoms with Gasteiger partial charge in [0, 0.05) is 37.6 Å². The topological polar surface area (TPSA) is 27.3 Å². The zero-order chi connectivity index (χ0) is 11.4. The number of thiophene rings is 1. The third kappa shape index (κ3) is 3.18. The largest absolute Gasteiger partial charge is 0.314 e. The molecular formula is C11H18ClN3S. The summed E-state index contributed by atoms with van der Waals surface area (Å²) in [5, 5.41) is 6.74. The van der Waals surface area contributed by atoms with E-state index in [1.807, 2.05) is 13.1 Å². The Kier molecular flexibility index (Phi) is 4.61. The van der Waals surface area contributed by atoms with E-state index in [2.05, 4.69) is 21.6 Å². The molecule has 2 heterocycles. The first kappa shape index (κ1) is 12.3. The van der Waals surface area contributed by atoms with E-state index in [0.717, 1.165) is 37.1 Å². The van der Waals surface area contributed by atoms with Crippen LogP contribution in [0.5, 0.6) is 0 Å². The van der Waals surface area contributed by atoms with E-state index in [1.54, 1.807) is 11.3 Å². The highest BCUT2D eigenvalue weighted by Gasteiger charge is 2.17. The summed E-state index contributed by atoms with van der Waals surface area (Å²) in [6.45, 7) is 5.53. The summed E-state index contributed by atoms with van der Waals surface area (Å²) in [6.07, 6.45) is 0. The minimum Gasteiger partial charge on any atom is -0.314 e. The summed E-state index contributed by atoms with van der Waals surface area (Å²) in [6, 6.07) is 4.50. The van der Waals surface area contributed by atoms with Gasteiger partial charge in [-0.1, -0.05) is 11.6 Å². The molecule has 1 aliphatic heterocycles. The van der Waals surface area contributed by atoms with Crippen LogP contribution in [0.15, 0.2) is 12.1 Å². The smallest absolute Gasteiger partial charge is 0.0931 e. The molecule has 0 spiro atoms. The van der Waals surface area contributed by atoms with Crippen molar-refractivity contribution in [2.45, 2.75) is 6.04 Å². The van der Waals surface area contributed by atoms with E-state index >= 15 is 0 Å². The molecule has 0 radical (unpaired) electrons. The Bertz CT molecular complexity index is 323. The van der Waals surface area contributed by atoms with Crippen LogP contribution in [0, 0.1) is 0 Å². The van der Waals surface area contributed by atoms with E-state index < -0.39 is 0 Å². The molecule has 5 heteroatoms. The van der Waals surface area contributed by atoms with Crippen LogP contribution in [0.3, 0.4) is 0 Å². The minimum atomic E-state index is 0.399. The highest BCUT2D eigenvalue weighted by Crippen LogP contribution is 2.27. The Morgan fingerprint density at radius 3 is 2.81 bits per heavy atom. The van der Waals surface area contributed by atoms with Crippen LogP contribution in [0.4, 0.5) is 0 Å². The number of piperazine rings is 1. The molecule has 1 unspecified atom stereocenters.